The largest absolute Gasteiger partial charge is 0.460 e. The van der Waals surface area contributed by atoms with Crippen LogP contribution in [-0.4, -0.2) is 28.7 Å². The first-order valence-corrected chi connectivity index (χ1v) is 5.28. The molecule has 1 atom stereocenters. The summed E-state index contributed by atoms with van der Waals surface area (Å²) in [6.07, 6.45) is -1.27. The minimum atomic E-state index is -0.945. The Morgan fingerprint density at radius 3 is 2.47 bits per heavy atom. The number of carbonyl (C=O) groups is 1. The van der Waals surface area contributed by atoms with Crippen LogP contribution in [0.1, 0.15) is 40.0 Å². The van der Waals surface area contributed by atoms with Gasteiger partial charge >= 0.3 is 5.97 Å². The molecular formula is C12H17NO4. The summed E-state index contributed by atoms with van der Waals surface area (Å²) in [6.45, 7) is 5.17. The van der Waals surface area contributed by atoms with Crippen LogP contribution in [-0.2, 0) is 14.3 Å². The number of rotatable bonds is 5. The maximum absolute atomic E-state index is 11.4. The molecule has 0 spiro atoms. The second-order valence-corrected chi connectivity index (χ2v) is 4.69. The predicted octanol–water partition coefficient (Wildman–Crippen LogP) is 1.14. The molecule has 1 unspecified atom stereocenters. The number of aliphatic hydroxyl groups is 1. The van der Waals surface area contributed by atoms with E-state index in [4.69, 9.17) is 10.00 Å². The molecule has 0 aromatic heterocycles. The third-order valence-corrected chi connectivity index (χ3v) is 1.73. The Morgan fingerprint density at radius 2 is 2.06 bits per heavy atom. The van der Waals surface area contributed by atoms with Gasteiger partial charge in [-0.15, -0.1) is 0 Å². The fraction of sp³-hybridized carbons (Fsp3) is 0.667. The van der Waals surface area contributed by atoms with Gasteiger partial charge in [0.25, 0.3) is 0 Å². The summed E-state index contributed by atoms with van der Waals surface area (Å²) in [4.78, 5) is 22.0. The zero-order valence-electron chi connectivity index (χ0n) is 10.3. The maximum Gasteiger partial charge on any atom is 0.311 e. The SMILES string of the molecule is CC(C)(C)OC(=O)CC(=C=O)CC(O)CC#N. The second kappa shape index (κ2) is 6.85. The molecule has 0 aromatic rings. The second-order valence-electron chi connectivity index (χ2n) is 4.69. The van der Waals surface area contributed by atoms with E-state index >= 15 is 0 Å². The van der Waals surface area contributed by atoms with Gasteiger partial charge in [-0.2, -0.15) is 5.26 Å². The Hall–Kier alpha value is -1.63. The molecule has 0 aliphatic rings. The quantitative estimate of drug-likeness (QED) is 0.574. The van der Waals surface area contributed by atoms with Gasteiger partial charge in [-0.3, -0.25) is 4.79 Å². The van der Waals surface area contributed by atoms with Crippen LogP contribution in [0.15, 0.2) is 5.57 Å². The summed E-state index contributed by atoms with van der Waals surface area (Å²) in [5, 5.41) is 17.7. The Morgan fingerprint density at radius 1 is 1.47 bits per heavy atom. The van der Waals surface area contributed by atoms with Crippen LogP contribution in [0.3, 0.4) is 0 Å². The predicted molar refractivity (Wildman–Crippen MR) is 60.5 cm³/mol. The number of carbonyl (C=O) groups excluding carboxylic acids is 2. The Bertz CT molecular complexity index is 356. The highest BCUT2D eigenvalue weighted by atomic mass is 16.6. The molecule has 0 radical (unpaired) electrons. The van der Waals surface area contributed by atoms with Crippen molar-refractivity contribution in [3.63, 3.8) is 0 Å². The summed E-state index contributed by atoms with van der Waals surface area (Å²) < 4.78 is 5.03. The van der Waals surface area contributed by atoms with Crippen LogP contribution < -0.4 is 0 Å². The smallest absolute Gasteiger partial charge is 0.311 e. The maximum atomic E-state index is 11.4. The molecule has 0 bridgehead atoms. The van der Waals surface area contributed by atoms with Gasteiger partial charge in [0.15, 0.2) is 0 Å². The number of hydrogen-bond donors (Lipinski definition) is 1. The van der Waals surface area contributed by atoms with E-state index in [0.29, 0.717) is 0 Å². The molecule has 0 amide bonds. The summed E-state index contributed by atoms with van der Waals surface area (Å²) in [5.74, 6) is 1.06. The molecule has 0 saturated carbocycles. The molecule has 17 heavy (non-hydrogen) atoms. The molecule has 0 aliphatic carbocycles. The van der Waals surface area contributed by atoms with Gasteiger partial charge in [-0.05, 0) is 20.8 Å². The molecule has 1 N–H and O–H groups in total. The van der Waals surface area contributed by atoms with Crippen LogP contribution in [0.2, 0.25) is 0 Å². The van der Waals surface area contributed by atoms with Crippen molar-refractivity contribution in [2.24, 2.45) is 0 Å². The van der Waals surface area contributed by atoms with Crippen LogP contribution >= 0.6 is 0 Å². The standard InChI is InChI=1S/C12H17NO4/c1-12(2,3)17-11(16)7-9(8-14)6-10(15)4-5-13/h10,15H,4,6-7H2,1-3H3. The highest BCUT2D eigenvalue weighted by Gasteiger charge is 2.19. The van der Waals surface area contributed by atoms with E-state index in [1.165, 1.54) is 0 Å². The Kier molecular flexibility index (Phi) is 6.19. The third kappa shape index (κ3) is 8.21. The molecule has 0 saturated heterocycles. The molecule has 0 rings (SSSR count). The minimum absolute atomic E-state index is 0.0314. The summed E-state index contributed by atoms with van der Waals surface area (Å²) >= 11 is 0. The number of nitrogens with zero attached hydrogens (tertiary/aromatic N) is 1. The van der Waals surface area contributed by atoms with E-state index in [-0.39, 0.29) is 24.8 Å². The number of nitriles is 1. The van der Waals surface area contributed by atoms with Gasteiger partial charge in [0, 0.05) is 12.0 Å². The lowest BCUT2D eigenvalue weighted by molar-refractivity contribution is -0.153. The van der Waals surface area contributed by atoms with Crippen LogP contribution in [0.4, 0.5) is 0 Å². The number of aliphatic hydroxyl groups excluding tert-OH is 1. The lowest BCUT2D eigenvalue weighted by Crippen LogP contribution is -2.24. The van der Waals surface area contributed by atoms with Gasteiger partial charge in [-0.1, -0.05) is 0 Å². The summed E-state index contributed by atoms with van der Waals surface area (Å²) in [6, 6.07) is 1.78. The van der Waals surface area contributed by atoms with E-state index in [0.717, 1.165) is 0 Å². The average molecular weight is 239 g/mol. The van der Waals surface area contributed by atoms with Crippen molar-refractivity contribution in [1.29, 1.82) is 5.26 Å². The lowest BCUT2D eigenvalue weighted by atomic mass is 10.0. The fourth-order valence-corrected chi connectivity index (χ4v) is 1.16. The minimum Gasteiger partial charge on any atom is -0.460 e. The molecule has 0 aromatic carbocycles. The topological polar surface area (TPSA) is 87.4 Å². The van der Waals surface area contributed by atoms with E-state index in [1.807, 2.05) is 0 Å². The van der Waals surface area contributed by atoms with E-state index < -0.39 is 17.7 Å². The summed E-state index contributed by atoms with van der Waals surface area (Å²) in [7, 11) is 0. The van der Waals surface area contributed by atoms with Gasteiger partial charge in [0.1, 0.15) is 11.5 Å². The first-order chi connectivity index (χ1) is 7.78. The highest BCUT2D eigenvalue weighted by molar-refractivity contribution is 5.76. The molecular weight excluding hydrogens is 222 g/mol. The van der Waals surface area contributed by atoms with Crippen LogP contribution in [0.25, 0.3) is 0 Å². The lowest BCUT2D eigenvalue weighted by Gasteiger charge is -2.19. The van der Waals surface area contributed by atoms with E-state index in [9.17, 15) is 14.7 Å². The first kappa shape index (κ1) is 15.4. The van der Waals surface area contributed by atoms with Crippen molar-refractivity contribution in [2.75, 3.05) is 0 Å². The number of hydrogen-bond acceptors (Lipinski definition) is 5. The molecule has 94 valence electrons. The monoisotopic (exact) mass is 239 g/mol. The molecule has 0 aliphatic heterocycles. The highest BCUT2D eigenvalue weighted by Crippen LogP contribution is 2.14. The van der Waals surface area contributed by atoms with Crippen molar-refractivity contribution in [1.82, 2.24) is 0 Å². The molecule has 0 heterocycles. The van der Waals surface area contributed by atoms with Gasteiger partial charge < -0.3 is 9.84 Å². The average Bonchev–Trinajstić information content (AvgIpc) is 2.13. The Labute approximate surface area is 101 Å². The van der Waals surface area contributed by atoms with Crippen LogP contribution in [0, 0.1) is 11.3 Å². The van der Waals surface area contributed by atoms with Gasteiger partial charge in [-0.25, -0.2) is 4.79 Å². The van der Waals surface area contributed by atoms with Crippen molar-refractivity contribution in [2.45, 2.75) is 51.7 Å². The molecule has 0 fully saturated rings. The van der Waals surface area contributed by atoms with Crippen molar-refractivity contribution < 1.29 is 19.4 Å². The van der Waals surface area contributed by atoms with Crippen molar-refractivity contribution in [3.05, 3.63) is 5.57 Å². The van der Waals surface area contributed by atoms with Crippen LogP contribution in [0.5, 0.6) is 0 Å². The number of ether oxygens (including phenoxy) is 1. The summed E-state index contributed by atoms with van der Waals surface area (Å²) in [5.41, 5.74) is -0.502. The van der Waals surface area contributed by atoms with E-state index in [2.05, 4.69) is 0 Å². The molecule has 5 heteroatoms. The Balaban J connectivity index is 4.30. The number of esters is 1. The van der Waals surface area contributed by atoms with Crippen molar-refractivity contribution in [3.8, 4) is 6.07 Å². The van der Waals surface area contributed by atoms with Gasteiger partial charge in [0.05, 0.1) is 25.0 Å². The first-order valence-electron chi connectivity index (χ1n) is 5.28. The zero-order chi connectivity index (χ0) is 13.5. The van der Waals surface area contributed by atoms with E-state index in [1.54, 1.807) is 32.8 Å². The zero-order valence-corrected chi connectivity index (χ0v) is 10.3. The third-order valence-electron chi connectivity index (χ3n) is 1.73. The molecule has 5 nitrogen and oxygen atoms in total. The van der Waals surface area contributed by atoms with Gasteiger partial charge in [0.2, 0.25) is 0 Å². The van der Waals surface area contributed by atoms with Crippen molar-refractivity contribution >= 4 is 11.9 Å². The fourth-order valence-electron chi connectivity index (χ4n) is 1.16. The normalized spacial score (nSPS) is 12.2.